The van der Waals surface area contributed by atoms with Crippen LogP contribution in [0.25, 0.3) is 33.4 Å². The number of fused-ring (bicyclic) bond motifs is 2. The molecule has 2 aromatic rings. The first-order chi connectivity index (χ1) is 23.6. The highest BCUT2D eigenvalue weighted by molar-refractivity contribution is 6.03. The van der Waals surface area contributed by atoms with Gasteiger partial charge in [0.1, 0.15) is 17.9 Å². The van der Waals surface area contributed by atoms with Crippen molar-refractivity contribution in [1.82, 2.24) is 0 Å². The van der Waals surface area contributed by atoms with Crippen molar-refractivity contribution in [3.05, 3.63) is 71.1 Å². The molecule has 0 bridgehead atoms. The molecule has 0 radical (unpaired) electrons. The summed E-state index contributed by atoms with van der Waals surface area (Å²) >= 11 is 0. The molecule has 0 fully saturated rings. The van der Waals surface area contributed by atoms with E-state index in [1.807, 2.05) is 0 Å². The summed E-state index contributed by atoms with van der Waals surface area (Å²) in [6.07, 6.45) is 27.2. The van der Waals surface area contributed by atoms with E-state index in [1.54, 1.807) is 0 Å². The average molecular weight is 652 g/mol. The summed E-state index contributed by atoms with van der Waals surface area (Å²) in [7, 11) is 0. The molecule has 4 rings (SSSR count). The first-order valence-electron chi connectivity index (χ1n) is 20.0. The third kappa shape index (κ3) is 12.1. The summed E-state index contributed by atoms with van der Waals surface area (Å²) < 4.78 is 6.73. The second kappa shape index (κ2) is 21.8. The van der Waals surface area contributed by atoms with Crippen molar-refractivity contribution in [1.29, 1.82) is 0 Å². The predicted molar refractivity (Wildman–Crippen MR) is 209 cm³/mol. The van der Waals surface area contributed by atoms with Crippen molar-refractivity contribution >= 4 is 16.7 Å². The highest BCUT2D eigenvalue weighted by Crippen LogP contribution is 2.41. The molecule has 48 heavy (non-hydrogen) atoms. The maximum absolute atomic E-state index is 6.73. The van der Waals surface area contributed by atoms with Crippen molar-refractivity contribution in [2.45, 2.75) is 156 Å². The van der Waals surface area contributed by atoms with Gasteiger partial charge in [0.25, 0.3) is 0 Å². The lowest BCUT2D eigenvalue weighted by Crippen LogP contribution is -2.77. The van der Waals surface area contributed by atoms with Crippen molar-refractivity contribution in [2.24, 2.45) is 0 Å². The number of aryl methyl sites for hydroxylation is 2. The van der Waals surface area contributed by atoms with Gasteiger partial charge >= 0.3 is 0 Å². The van der Waals surface area contributed by atoms with E-state index in [-0.39, 0.29) is 0 Å². The number of nitrogens with one attached hydrogen (secondary N) is 2. The first-order valence-corrected chi connectivity index (χ1v) is 20.0. The Morgan fingerprint density at radius 1 is 0.583 bits per heavy atom. The van der Waals surface area contributed by atoms with Gasteiger partial charge in [-0.1, -0.05) is 153 Å². The third-order valence-electron chi connectivity index (χ3n) is 10.2. The van der Waals surface area contributed by atoms with E-state index in [0.717, 1.165) is 24.4 Å². The molecule has 3 heteroatoms. The van der Waals surface area contributed by atoms with Crippen molar-refractivity contribution in [3.63, 3.8) is 0 Å². The second-order valence-corrected chi connectivity index (χ2v) is 14.4. The van der Waals surface area contributed by atoms with Crippen LogP contribution in [0.3, 0.4) is 0 Å². The fourth-order valence-corrected chi connectivity index (χ4v) is 7.17. The summed E-state index contributed by atoms with van der Waals surface area (Å²) in [6.45, 7) is 11.1. The molecule has 0 amide bonds. The molecular formula is C45H67N2O+. The average Bonchev–Trinajstić information content (AvgIpc) is 3.09. The standard InChI is InChI=1S/C45H66N2O/c1-5-7-9-11-13-15-17-19-21-26-30-46-41-34-43-39(32-36(41)3)45(38-28-24-23-25-29-38)40-33-37(4)42(35-44(40)48-43)47-31-27-22-20-18-16-14-12-10-8-6-2/h23-25,28-29,32-35,46H,5-22,26-27,30-31H2,1-4H3/p+1. The van der Waals surface area contributed by atoms with Crippen LogP contribution in [-0.2, 0) is 0 Å². The minimum Gasteiger partial charge on any atom is -0.456 e. The Bertz CT molecular complexity index is 1500. The molecule has 3 nitrogen and oxygen atoms in total. The molecule has 2 aliphatic rings. The van der Waals surface area contributed by atoms with E-state index < -0.39 is 0 Å². The Hall–Kier alpha value is -3.07. The van der Waals surface area contributed by atoms with Crippen LogP contribution < -0.4 is 15.7 Å². The quantitative estimate of drug-likeness (QED) is 0.0584. The molecule has 0 spiro atoms. The fraction of sp³-hybridized carbons (Fsp3) is 0.578. The van der Waals surface area contributed by atoms with Gasteiger partial charge in [0.15, 0.2) is 0 Å². The van der Waals surface area contributed by atoms with Gasteiger partial charge in [0.05, 0.1) is 6.07 Å². The smallest absolute Gasteiger partial charge is 0.204 e. The van der Waals surface area contributed by atoms with Gasteiger partial charge in [-0.05, 0) is 49.9 Å². The van der Waals surface area contributed by atoms with Crippen molar-refractivity contribution in [3.8, 4) is 22.5 Å². The van der Waals surface area contributed by atoms with Gasteiger partial charge in [-0.15, -0.1) is 0 Å². The topological polar surface area (TPSA) is 39.1 Å². The molecule has 2 N–H and O–H groups in total. The molecule has 0 saturated carbocycles. The van der Waals surface area contributed by atoms with Gasteiger partial charge in [-0.3, -0.25) is 0 Å². The molecule has 1 heterocycles. The SMILES string of the molecule is CCCCCCCCCCCCNc1cc2oc3cc(=[NH+]CCCCCCCCCCCC)c(C)cc-3c(-c3ccccc3)c2cc1C. The van der Waals surface area contributed by atoms with Crippen LogP contribution in [0, 0.1) is 13.8 Å². The van der Waals surface area contributed by atoms with Gasteiger partial charge in [-0.2, -0.15) is 0 Å². The van der Waals surface area contributed by atoms with Crippen molar-refractivity contribution < 1.29 is 9.41 Å². The van der Waals surface area contributed by atoms with Crippen LogP contribution in [0.15, 0.2) is 59.0 Å². The van der Waals surface area contributed by atoms with Crippen LogP contribution in [0.5, 0.6) is 0 Å². The zero-order valence-corrected chi connectivity index (χ0v) is 31.2. The Labute approximate surface area is 293 Å². The normalized spacial score (nSPS) is 12.0. The summed E-state index contributed by atoms with van der Waals surface area (Å²) in [5.74, 6) is 0.946. The summed E-state index contributed by atoms with van der Waals surface area (Å²) in [5.41, 5.74) is 8.36. The van der Waals surface area contributed by atoms with Gasteiger partial charge in [-0.25, -0.2) is 4.99 Å². The molecule has 1 aliphatic carbocycles. The van der Waals surface area contributed by atoms with Crippen LogP contribution in [0.2, 0.25) is 0 Å². The van der Waals surface area contributed by atoms with Gasteiger partial charge in [0, 0.05) is 46.8 Å². The maximum atomic E-state index is 6.73. The lowest BCUT2D eigenvalue weighted by atomic mass is 9.91. The molecular weight excluding hydrogens is 585 g/mol. The summed E-state index contributed by atoms with van der Waals surface area (Å²) in [4.78, 5) is 3.75. The molecule has 0 aromatic heterocycles. The third-order valence-corrected chi connectivity index (χ3v) is 10.2. The number of rotatable bonds is 24. The molecule has 2 aromatic carbocycles. The van der Waals surface area contributed by atoms with E-state index in [0.29, 0.717) is 0 Å². The van der Waals surface area contributed by atoms with Crippen LogP contribution >= 0.6 is 0 Å². The first kappa shape index (κ1) is 37.7. The second-order valence-electron chi connectivity index (χ2n) is 14.4. The van der Waals surface area contributed by atoms with E-state index >= 15 is 0 Å². The van der Waals surface area contributed by atoms with E-state index in [2.05, 4.69) is 92.6 Å². The van der Waals surface area contributed by atoms with Crippen LogP contribution in [0.4, 0.5) is 5.69 Å². The van der Waals surface area contributed by atoms with Crippen LogP contribution in [-0.4, -0.2) is 13.1 Å². The lowest BCUT2D eigenvalue weighted by molar-refractivity contribution is -0.501. The van der Waals surface area contributed by atoms with Crippen LogP contribution in [0.1, 0.15) is 153 Å². The Kier molecular flexibility index (Phi) is 17.1. The molecule has 0 atom stereocenters. The molecule has 0 saturated heterocycles. The zero-order valence-electron chi connectivity index (χ0n) is 31.2. The Morgan fingerprint density at radius 2 is 1.15 bits per heavy atom. The Morgan fingerprint density at radius 3 is 1.75 bits per heavy atom. The highest BCUT2D eigenvalue weighted by Gasteiger charge is 2.20. The Balaban J connectivity index is 1.42. The highest BCUT2D eigenvalue weighted by atomic mass is 16.3. The number of anilines is 1. The largest absolute Gasteiger partial charge is 0.456 e. The number of hydrogen-bond acceptors (Lipinski definition) is 2. The predicted octanol–water partition coefficient (Wildman–Crippen LogP) is 12.1. The fourth-order valence-electron chi connectivity index (χ4n) is 7.17. The van der Waals surface area contributed by atoms with Gasteiger partial charge < -0.3 is 9.73 Å². The summed E-state index contributed by atoms with van der Waals surface area (Å²) in [6, 6.07) is 20.0. The van der Waals surface area contributed by atoms with E-state index in [4.69, 9.17) is 4.42 Å². The monoisotopic (exact) mass is 652 g/mol. The van der Waals surface area contributed by atoms with Crippen molar-refractivity contribution in [2.75, 3.05) is 18.4 Å². The molecule has 262 valence electrons. The minimum atomic E-state index is 0.946. The van der Waals surface area contributed by atoms with E-state index in [1.165, 1.54) is 173 Å². The minimum absolute atomic E-state index is 0.946. The molecule has 1 aliphatic heterocycles. The van der Waals surface area contributed by atoms with Gasteiger partial charge in [0.2, 0.25) is 5.36 Å². The van der Waals surface area contributed by atoms with E-state index in [9.17, 15) is 0 Å². The maximum Gasteiger partial charge on any atom is 0.204 e. The number of unbranched alkanes of at least 4 members (excludes halogenated alkanes) is 18. The zero-order chi connectivity index (χ0) is 33.8. The summed E-state index contributed by atoms with van der Waals surface area (Å²) in [5, 5.41) is 6.12. The number of benzene rings is 3. The number of hydrogen-bond donors (Lipinski definition) is 2. The lowest BCUT2D eigenvalue weighted by Gasteiger charge is -2.18. The molecule has 0 unspecified atom stereocenters.